The van der Waals surface area contributed by atoms with E-state index in [1.54, 1.807) is 4.90 Å². The van der Waals surface area contributed by atoms with Crippen molar-refractivity contribution >= 4 is 11.8 Å². The molecule has 0 bridgehead atoms. The van der Waals surface area contributed by atoms with Gasteiger partial charge < -0.3 is 14.7 Å². The Hall–Kier alpha value is -1.36. The van der Waals surface area contributed by atoms with Crippen molar-refractivity contribution in [2.45, 2.75) is 32.4 Å². The Kier molecular flexibility index (Phi) is 5.11. The van der Waals surface area contributed by atoms with Crippen LogP contribution in [0.15, 0.2) is 12.2 Å². The topological polar surface area (TPSA) is 49.4 Å². The number of carbonyl (C=O) groups is 2. The highest BCUT2D eigenvalue weighted by molar-refractivity contribution is 5.94. The third-order valence-electron chi connectivity index (χ3n) is 3.49. The van der Waals surface area contributed by atoms with Crippen molar-refractivity contribution < 1.29 is 14.1 Å². The molecule has 1 fully saturated rings. The molecule has 108 valence electrons. The summed E-state index contributed by atoms with van der Waals surface area (Å²) in [4.78, 5) is 25.3. The second-order valence-electron chi connectivity index (χ2n) is 6.04. The standard InChI is InChI=1S/C14H25N3O2/c1-6-12(17(3,4)5)15-14(19)11(2)10-16-9-7-8-13(16)18/h12H,2,6-10H2,1,3-5H3/p+1. The molecule has 1 unspecified atom stereocenters. The van der Waals surface area contributed by atoms with Gasteiger partial charge in [0, 0.05) is 25.0 Å². The highest BCUT2D eigenvalue weighted by Gasteiger charge is 2.26. The van der Waals surface area contributed by atoms with Gasteiger partial charge in [0.15, 0.2) is 6.17 Å². The highest BCUT2D eigenvalue weighted by Crippen LogP contribution is 2.12. The molecule has 1 heterocycles. The molecular weight excluding hydrogens is 242 g/mol. The van der Waals surface area contributed by atoms with Gasteiger partial charge >= 0.3 is 0 Å². The van der Waals surface area contributed by atoms with Crippen molar-refractivity contribution in [2.75, 3.05) is 34.2 Å². The Balaban J connectivity index is 2.53. The lowest BCUT2D eigenvalue weighted by molar-refractivity contribution is -0.898. The first-order valence-electron chi connectivity index (χ1n) is 6.83. The first kappa shape index (κ1) is 15.7. The molecule has 1 aliphatic rings. The minimum Gasteiger partial charge on any atom is -0.338 e. The molecule has 1 aliphatic heterocycles. The number of carbonyl (C=O) groups excluding carboxylic acids is 2. The molecule has 0 aromatic rings. The fourth-order valence-electron chi connectivity index (χ4n) is 2.27. The lowest BCUT2D eigenvalue weighted by atomic mass is 10.2. The number of likely N-dealkylation sites (tertiary alicyclic amines) is 1. The maximum absolute atomic E-state index is 12.1. The maximum atomic E-state index is 12.1. The van der Waals surface area contributed by atoms with Gasteiger partial charge in [0.05, 0.1) is 27.7 Å². The zero-order valence-corrected chi connectivity index (χ0v) is 12.5. The number of hydrogen-bond acceptors (Lipinski definition) is 2. The number of rotatable bonds is 6. The first-order valence-corrected chi connectivity index (χ1v) is 6.83. The number of quaternary nitrogens is 1. The predicted molar refractivity (Wildman–Crippen MR) is 75.2 cm³/mol. The summed E-state index contributed by atoms with van der Waals surface area (Å²) in [6, 6.07) is 0. The van der Waals surface area contributed by atoms with Gasteiger partial charge in [-0.25, -0.2) is 0 Å². The molecule has 1 saturated heterocycles. The molecule has 1 N–H and O–H groups in total. The molecule has 0 radical (unpaired) electrons. The van der Waals surface area contributed by atoms with Crippen LogP contribution in [0, 0.1) is 0 Å². The van der Waals surface area contributed by atoms with Gasteiger partial charge in [-0.3, -0.25) is 9.59 Å². The van der Waals surface area contributed by atoms with E-state index in [0.29, 0.717) is 23.0 Å². The van der Waals surface area contributed by atoms with E-state index < -0.39 is 0 Å². The van der Waals surface area contributed by atoms with Crippen LogP contribution in [-0.4, -0.2) is 61.6 Å². The summed E-state index contributed by atoms with van der Waals surface area (Å²) in [6.07, 6.45) is 2.37. The number of amides is 2. The van der Waals surface area contributed by atoms with Gasteiger partial charge in [0.1, 0.15) is 0 Å². The molecule has 5 nitrogen and oxygen atoms in total. The molecule has 0 aromatic heterocycles. The Morgan fingerprint density at radius 3 is 2.53 bits per heavy atom. The van der Waals surface area contributed by atoms with Crippen LogP contribution in [0.25, 0.3) is 0 Å². The van der Waals surface area contributed by atoms with Crippen molar-refractivity contribution in [1.29, 1.82) is 0 Å². The van der Waals surface area contributed by atoms with E-state index in [1.807, 2.05) is 28.1 Å². The average Bonchev–Trinajstić information content (AvgIpc) is 2.70. The summed E-state index contributed by atoms with van der Waals surface area (Å²) >= 11 is 0. The summed E-state index contributed by atoms with van der Waals surface area (Å²) in [6.45, 7) is 6.93. The fourth-order valence-corrected chi connectivity index (χ4v) is 2.27. The summed E-state index contributed by atoms with van der Waals surface area (Å²) in [5.41, 5.74) is 0.460. The van der Waals surface area contributed by atoms with Crippen LogP contribution in [0.2, 0.25) is 0 Å². The Morgan fingerprint density at radius 2 is 2.11 bits per heavy atom. The zero-order chi connectivity index (χ0) is 14.6. The van der Waals surface area contributed by atoms with Gasteiger partial charge in [0.2, 0.25) is 5.91 Å². The van der Waals surface area contributed by atoms with E-state index >= 15 is 0 Å². The minimum atomic E-state index is -0.153. The van der Waals surface area contributed by atoms with Gasteiger partial charge in [-0.2, -0.15) is 0 Å². The quantitative estimate of drug-likeness (QED) is 0.438. The molecule has 19 heavy (non-hydrogen) atoms. The van der Waals surface area contributed by atoms with Crippen LogP contribution < -0.4 is 5.32 Å². The van der Waals surface area contributed by atoms with Crippen molar-refractivity contribution in [3.8, 4) is 0 Å². The van der Waals surface area contributed by atoms with Crippen LogP contribution in [0.3, 0.4) is 0 Å². The molecule has 2 amide bonds. The normalized spacial score (nSPS) is 17.5. The molecule has 0 aromatic carbocycles. The number of hydrogen-bond donors (Lipinski definition) is 1. The largest absolute Gasteiger partial charge is 0.338 e. The Morgan fingerprint density at radius 1 is 1.47 bits per heavy atom. The maximum Gasteiger partial charge on any atom is 0.252 e. The van der Waals surface area contributed by atoms with Gasteiger partial charge in [0.25, 0.3) is 5.91 Å². The van der Waals surface area contributed by atoms with Crippen molar-refractivity contribution in [3.05, 3.63) is 12.2 Å². The van der Waals surface area contributed by atoms with Crippen LogP contribution in [0.4, 0.5) is 0 Å². The van der Waals surface area contributed by atoms with Gasteiger partial charge in [-0.1, -0.05) is 13.5 Å². The van der Waals surface area contributed by atoms with Crippen LogP contribution in [-0.2, 0) is 9.59 Å². The fraction of sp³-hybridized carbons (Fsp3) is 0.714. The highest BCUT2D eigenvalue weighted by atomic mass is 16.2. The third kappa shape index (κ3) is 4.35. The summed E-state index contributed by atoms with van der Waals surface area (Å²) in [7, 11) is 6.13. The van der Waals surface area contributed by atoms with Gasteiger partial charge in [-0.05, 0) is 6.42 Å². The first-order chi connectivity index (χ1) is 8.75. The average molecular weight is 268 g/mol. The second kappa shape index (κ2) is 6.19. The minimum absolute atomic E-state index is 0.0542. The molecule has 0 aliphatic carbocycles. The lowest BCUT2D eigenvalue weighted by Gasteiger charge is -2.34. The second-order valence-corrected chi connectivity index (χ2v) is 6.04. The third-order valence-corrected chi connectivity index (χ3v) is 3.49. The molecular formula is C14H26N3O2+. The summed E-state index contributed by atoms with van der Waals surface area (Å²) in [5, 5.41) is 2.99. The zero-order valence-electron chi connectivity index (χ0n) is 12.5. The van der Waals surface area contributed by atoms with Crippen LogP contribution >= 0.6 is 0 Å². The van der Waals surface area contributed by atoms with E-state index in [1.165, 1.54) is 0 Å². The SMILES string of the molecule is C=C(CN1CCCC1=O)C(=O)NC(CC)[N+](C)(C)C. The monoisotopic (exact) mass is 268 g/mol. The van der Waals surface area contributed by atoms with Gasteiger partial charge in [-0.15, -0.1) is 0 Å². The number of nitrogens with one attached hydrogen (secondary N) is 1. The Bertz CT molecular complexity index is 371. The molecule has 1 rings (SSSR count). The molecule has 1 atom stereocenters. The van der Waals surface area contributed by atoms with Crippen LogP contribution in [0.5, 0.6) is 0 Å². The molecule has 0 saturated carbocycles. The molecule has 0 spiro atoms. The van der Waals surface area contributed by atoms with E-state index in [4.69, 9.17) is 0 Å². The summed E-state index contributed by atoms with van der Waals surface area (Å²) in [5.74, 6) is -0.0350. The molecule has 5 heteroatoms. The van der Waals surface area contributed by atoms with Crippen molar-refractivity contribution in [2.24, 2.45) is 0 Å². The van der Waals surface area contributed by atoms with Crippen molar-refractivity contribution in [3.63, 3.8) is 0 Å². The number of nitrogens with zero attached hydrogens (tertiary/aromatic N) is 2. The Labute approximate surface area is 115 Å². The summed E-state index contributed by atoms with van der Waals surface area (Å²) < 4.78 is 0.665. The van der Waals surface area contributed by atoms with Crippen molar-refractivity contribution in [1.82, 2.24) is 10.2 Å². The van der Waals surface area contributed by atoms with E-state index in [0.717, 1.165) is 19.4 Å². The van der Waals surface area contributed by atoms with E-state index in [-0.39, 0.29) is 18.0 Å². The lowest BCUT2D eigenvalue weighted by Crippen LogP contribution is -2.55. The van der Waals surface area contributed by atoms with E-state index in [2.05, 4.69) is 11.9 Å². The smallest absolute Gasteiger partial charge is 0.252 e. The van der Waals surface area contributed by atoms with Crippen LogP contribution in [0.1, 0.15) is 26.2 Å². The predicted octanol–water partition coefficient (Wildman–Crippen LogP) is 0.724. The van der Waals surface area contributed by atoms with E-state index in [9.17, 15) is 9.59 Å².